The molecule has 0 aliphatic carbocycles. The van der Waals surface area contributed by atoms with Gasteiger partial charge in [-0.2, -0.15) is 0 Å². The van der Waals surface area contributed by atoms with E-state index >= 15 is 0 Å². The van der Waals surface area contributed by atoms with Crippen LogP contribution >= 0.6 is 0 Å². The van der Waals surface area contributed by atoms with E-state index in [0.717, 1.165) is 10.5 Å². The van der Waals surface area contributed by atoms with Crippen LogP contribution in [0.15, 0.2) is 30.3 Å². The molecule has 3 amide bonds. The first-order valence-electron chi connectivity index (χ1n) is 9.71. The van der Waals surface area contributed by atoms with Crippen LogP contribution < -0.4 is 5.32 Å². The Hall–Kier alpha value is -2.78. The molecule has 30 heavy (non-hydrogen) atoms. The van der Waals surface area contributed by atoms with Crippen LogP contribution in [0.4, 0.5) is 0 Å². The molecule has 0 saturated carbocycles. The van der Waals surface area contributed by atoms with Crippen molar-refractivity contribution in [2.24, 2.45) is 11.8 Å². The van der Waals surface area contributed by atoms with Crippen molar-refractivity contribution in [3.8, 4) is 0 Å². The largest absolute Gasteiger partial charge is 0.468 e. The number of carbonyl (C=O) groups is 4. The third-order valence-corrected chi connectivity index (χ3v) is 6.02. The molecular formula is C21H27N3O6. The van der Waals surface area contributed by atoms with Gasteiger partial charge in [0.15, 0.2) is 0 Å². The minimum absolute atomic E-state index is 0.101. The lowest BCUT2D eigenvalue weighted by Gasteiger charge is -2.32. The zero-order chi connectivity index (χ0) is 22.1. The number of methoxy groups -OCH3 is 2. The zero-order valence-corrected chi connectivity index (χ0v) is 17.6. The average molecular weight is 417 g/mol. The van der Waals surface area contributed by atoms with Gasteiger partial charge in [-0.1, -0.05) is 30.3 Å². The highest BCUT2D eigenvalue weighted by Gasteiger charge is 2.67. The van der Waals surface area contributed by atoms with Crippen LogP contribution in [-0.4, -0.2) is 86.5 Å². The van der Waals surface area contributed by atoms with Crippen LogP contribution in [-0.2, 0) is 35.1 Å². The summed E-state index contributed by atoms with van der Waals surface area (Å²) in [6, 6.07) is 8.66. The van der Waals surface area contributed by atoms with Gasteiger partial charge in [0.05, 0.1) is 18.9 Å². The van der Waals surface area contributed by atoms with E-state index in [2.05, 4.69) is 5.32 Å². The minimum atomic E-state index is -1.41. The summed E-state index contributed by atoms with van der Waals surface area (Å²) in [6.45, 7) is 0.0417. The Morgan fingerprint density at radius 3 is 2.43 bits per heavy atom. The summed E-state index contributed by atoms with van der Waals surface area (Å²) in [4.78, 5) is 53.7. The van der Waals surface area contributed by atoms with Gasteiger partial charge in [0.1, 0.15) is 12.1 Å². The van der Waals surface area contributed by atoms with Crippen molar-refractivity contribution >= 4 is 23.7 Å². The first-order chi connectivity index (χ1) is 14.3. The molecule has 4 atom stereocenters. The Morgan fingerprint density at radius 2 is 1.83 bits per heavy atom. The Labute approximate surface area is 175 Å². The second-order valence-corrected chi connectivity index (χ2v) is 7.82. The van der Waals surface area contributed by atoms with Gasteiger partial charge in [-0.05, 0) is 5.56 Å². The molecule has 2 aliphatic rings. The van der Waals surface area contributed by atoms with E-state index in [0.29, 0.717) is 0 Å². The number of likely N-dealkylation sites (tertiary alicyclic amines) is 1. The summed E-state index contributed by atoms with van der Waals surface area (Å²) in [5.74, 6) is -3.35. The minimum Gasteiger partial charge on any atom is -0.468 e. The number of carbonyl (C=O) groups excluding carboxylic acids is 4. The number of nitrogens with one attached hydrogen (secondary N) is 1. The van der Waals surface area contributed by atoms with Crippen LogP contribution in [0.25, 0.3) is 0 Å². The number of likely N-dealkylation sites (N-methyl/N-ethyl adjacent to an activating group) is 1. The lowest BCUT2D eigenvalue weighted by atomic mass is 9.76. The van der Waals surface area contributed by atoms with Gasteiger partial charge < -0.3 is 14.4 Å². The van der Waals surface area contributed by atoms with E-state index in [-0.39, 0.29) is 31.4 Å². The molecule has 2 saturated heterocycles. The highest BCUT2D eigenvalue weighted by atomic mass is 16.5. The lowest BCUT2D eigenvalue weighted by molar-refractivity contribution is -0.153. The SMILES string of the molecule is COCC(=O)N(C)C[C@H]1N[C@@](Cc2ccccc2)(C(=O)OC)[C@H]2C(=O)N(C)C(=O)[C@@H]12. The number of fused-ring (bicyclic) bond motifs is 1. The predicted molar refractivity (Wildman–Crippen MR) is 106 cm³/mol. The molecule has 1 N–H and O–H groups in total. The fraction of sp³-hybridized carbons (Fsp3) is 0.524. The van der Waals surface area contributed by atoms with E-state index in [4.69, 9.17) is 9.47 Å². The molecule has 2 fully saturated rings. The average Bonchev–Trinajstić information content (AvgIpc) is 3.17. The summed E-state index contributed by atoms with van der Waals surface area (Å²) in [7, 11) is 5.70. The van der Waals surface area contributed by atoms with Gasteiger partial charge in [-0.3, -0.25) is 29.4 Å². The first kappa shape index (κ1) is 21.9. The number of benzene rings is 1. The van der Waals surface area contributed by atoms with Gasteiger partial charge >= 0.3 is 5.97 Å². The maximum absolute atomic E-state index is 13.0. The zero-order valence-electron chi connectivity index (χ0n) is 17.6. The highest BCUT2D eigenvalue weighted by Crippen LogP contribution is 2.44. The molecule has 2 heterocycles. The molecule has 0 spiro atoms. The molecule has 1 aromatic rings. The Balaban J connectivity index is 2.01. The lowest BCUT2D eigenvalue weighted by Crippen LogP contribution is -2.59. The van der Waals surface area contributed by atoms with Crippen molar-refractivity contribution in [3.63, 3.8) is 0 Å². The third-order valence-electron chi connectivity index (χ3n) is 6.02. The standard InChI is InChI=1S/C21H27N3O6/c1-23(15(25)12-29-3)11-14-16-17(19(27)24(2)18(16)26)21(22-14,20(28)30-4)10-13-8-6-5-7-9-13/h5-9,14,16-17,22H,10-12H2,1-4H3/t14-,16+,17-,21-/m1/s1. The number of nitrogens with zero attached hydrogens (tertiary/aromatic N) is 2. The summed E-state index contributed by atoms with van der Waals surface area (Å²) >= 11 is 0. The predicted octanol–water partition coefficient (Wildman–Crippen LogP) is -0.551. The highest BCUT2D eigenvalue weighted by molar-refractivity contribution is 6.09. The van der Waals surface area contributed by atoms with Crippen LogP contribution in [0.2, 0.25) is 0 Å². The van der Waals surface area contributed by atoms with E-state index < -0.39 is 35.3 Å². The normalized spacial score (nSPS) is 27.9. The third kappa shape index (κ3) is 3.59. The first-order valence-corrected chi connectivity index (χ1v) is 9.71. The number of hydrogen-bond donors (Lipinski definition) is 1. The summed E-state index contributed by atoms with van der Waals surface area (Å²) in [6.07, 6.45) is 0.181. The molecule has 0 aromatic heterocycles. The van der Waals surface area contributed by atoms with Gasteiger partial charge in [0, 0.05) is 40.2 Å². The number of esters is 1. The van der Waals surface area contributed by atoms with Crippen molar-refractivity contribution in [1.82, 2.24) is 15.1 Å². The molecule has 9 nitrogen and oxygen atoms in total. The van der Waals surface area contributed by atoms with Crippen molar-refractivity contribution in [2.75, 3.05) is 41.5 Å². The summed E-state index contributed by atoms with van der Waals surface area (Å²) in [5, 5.41) is 3.24. The van der Waals surface area contributed by atoms with Gasteiger partial charge in [0.25, 0.3) is 0 Å². The maximum Gasteiger partial charge on any atom is 0.327 e. The molecule has 3 rings (SSSR count). The van der Waals surface area contributed by atoms with Gasteiger partial charge in [-0.15, -0.1) is 0 Å². The fourth-order valence-electron chi connectivity index (χ4n) is 4.58. The van der Waals surface area contributed by atoms with E-state index in [1.165, 1.54) is 26.2 Å². The van der Waals surface area contributed by atoms with E-state index in [9.17, 15) is 19.2 Å². The van der Waals surface area contributed by atoms with Crippen LogP contribution in [0, 0.1) is 11.8 Å². The molecule has 0 radical (unpaired) electrons. The Bertz CT molecular complexity index is 844. The Morgan fingerprint density at radius 1 is 1.17 bits per heavy atom. The second kappa shape index (κ2) is 8.53. The number of ether oxygens (including phenoxy) is 2. The topological polar surface area (TPSA) is 105 Å². The van der Waals surface area contributed by atoms with Gasteiger partial charge in [0.2, 0.25) is 17.7 Å². The smallest absolute Gasteiger partial charge is 0.327 e. The fourth-order valence-corrected chi connectivity index (χ4v) is 4.58. The molecule has 1 aromatic carbocycles. The van der Waals surface area contributed by atoms with Crippen molar-refractivity contribution in [2.45, 2.75) is 18.0 Å². The molecule has 2 aliphatic heterocycles. The number of amides is 3. The summed E-state index contributed by atoms with van der Waals surface area (Å²) < 4.78 is 9.98. The van der Waals surface area contributed by atoms with Crippen molar-refractivity contribution < 1.29 is 28.7 Å². The van der Waals surface area contributed by atoms with Gasteiger partial charge in [-0.25, -0.2) is 0 Å². The number of hydrogen-bond acceptors (Lipinski definition) is 7. The van der Waals surface area contributed by atoms with E-state index in [1.54, 1.807) is 7.05 Å². The van der Waals surface area contributed by atoms with Crippen LogP contribution in [0.3, 0.4) is 0 Å². The summed E-state index contributed by atoms with van der Waals surface area (Å²) in [5.41, 5.74) is -0.581. The van der Waals surface area contributed by atoms with E-state index in [1.807, 2.05) is 30.3 Å². The quantitative estimate of drug-likeness (QED) is 0.469. The molecule has 162 valence electrons. The maximum atomic E-state index is 13.0. The molecular weight excluding hydrogens is 390 g/mol. The van der Waals surface area contributed by atoms with Crippen LogP contribution in [0.1, 0.15) is 5.56 Å². The Kier molecular flexibility index (Phi) is 6.23. The molecule has 9 heteroatoms. The second-order valence-electron chi connectivity index (χ2n) is 7.82. The van der Waals surface area contributed by atoms with Crippen LogP contribution in [0.5, 0.6) is 0 Å². The van der Waals surface area contributed by atoms with Crippen molar-refractivity contribution in [3.05, 3.63) is 35.9 Å². The van der Waals surface area contributed by atoms with Crippen molar-refractivity contribution in [1.29, 1.82) is 0 Å². The number of rotatable bonds is 7. The monoisotopic (exact) mass is 417 g/mol. The number of imide groups is 1. The molecule has 0 bridgehead atoms. The molecule has 0 unspecified atom stereocenters.